The fourth-order valence-electron chi connectivity index (χ4n) is 2.82. The lowest BCUT2D eigenvalue weighted by atomic mass is 10.1. The number of hydrogen-bond donors (Lipinski definition) is 2. The molecule has 0 spiro atoms. The van der Waals surface area contributed by atoms with E-state index in [0.29, 0.717) is 22.8 Å². The van der Waals surface area contributed by atoms with E-state index in [9.17, 15) is 20.0 Å². The summed E-state index contributed by atoms with van der Waals surface area (Å²) in [5.41, 5.74) is 1.13. The summed E-state index contributed by atoms with van der Waals surface area (Å²) in [5, 5.41) is 23.6. The third-order valence-electron chi connectivity index (χ3n) is 4.23. The van der Waals surface area contributed by atoms with Crippen LogP contribution in [0.3, 0.4) is 0 Å². The van der Waals surface area contributed by atoms with Gasteiger partial charge in [-0.05, 0) is 24.3 Å². The monoisotopic (exact) mass is 402 g/mol. The van der Waals surface area contributed by atoms with Crippen LogP contribution in [-0.2, 0) is 0 Å². The van der Waals surface area contributed by atoms with Crippen molar-refractivity contribution in [2.45, 2.75) is 0 Å². The number of nitro groups is 1. The lowest BCUT2D eigenvalue weighted by molar-refractivity contribution is -0.384. The molecule has 0 aliphatic rings. The number of hydrogen-bond acceptors (Lipinski definition) is 7. The van der Waals surface area contributed by atoms with Crippen LogP contribution in [0.25, 0.3) is 17.1 Å². The largest absolute Gasteiger partial charge is 0.508 e. The third kappa shape index (κ3) is 3.83. The molecule has 0 aliphatic heterocycles. The van der Waals surface area contributed by atoms with Crippen molar-refractivity contribution in [1.29, 1.82) is 0 Å². The zero-order valence-electron chi connectivity index (χ0n) is 15.3. The summed E-state index contributed by atoms with van der Waals surface area (Å²) in [4.78, 5) is 35.7. The molecule has 2 heterocycles. The van der Waals surface area contributed by atoms with E-state index >= 15 is 0 Å². The number of nitro benzene ring substituents is 1. The molecule has 10 nitrogen and oxygen atoms in total. The quantitative estimate of drug-likeness (QED) is 0.386. The number of aromatic nitrogens is 4. The highest BCUT2D eigenvalue weighted by molar-refractivity contribution is 6.04. The van der Waals surface area contributed by atoms with Crippen molar-refractivity contribution < 1.29 is 14.8 Å². The van der Waals surface area contributed by atoms with Crippen molar-refractivity contribution in [2.75, 3.05) is 5.32 Å². The highest BCUT2D eigenvalue weighted by Gasteiger charge is 2.19. The van der Waals surface area contributed by atoms with Gasteiger partial charge in [0.2, 0.25) is 0 Å². The van der Waals surface area contributed by atoms with Crippen LogP contribution in [-0.4, -0.2) is 35.5 Å². The maximum Gasteiger partial charge on any atom is 0.294 e. The zero-order valence-corrected chi connectivity index (χ0v) is 15.3. The molecule has 30 heavy (non-hydrogen) atoms. The minimum absolute atomic E-state index is 0.0919. The average Bonchev–Trinajstić information content (AvgIpc) is 3.28. The van der Waals surface area contributed by atoms with Gasteiger partial charge in [-0.25, -0.2) is 15.0 Å². The summed E-state index contributed by atoms with van der Waals surface area (Å²) < 4.78 is 1.49. The van der Waals surface area contributed by atoms with E-state index in [1.807, 2.05) is 0 Å². The Morgan fingerprint density at radius 2 is 1.93 bits per heavy atom. The average molecular weight is 402 g/mol. The molecule has 0 bridgehead atoms. The summed E-state index contributed by atoms with van der Waals surface area (Å²) in [7, 11) is 0. The molecule has 10 heteroatoms. The normalized spacial score (nSPS) is 10.5. The number of rotatable bonds is 5. The van der Waals surface area contributed by atoms with Gasteiger partial charge < -0.3 is 15.0 Å². The number of carbonyl (C=O) groups excluding carboxylic acids is 1. The van der Waals surface area contributed by atoms with Crippen molar-refractivity contribution in [2.24, 2.45) is 0 Å². The van der Waals surface area contributed by atoms with Gasteiger partial charge in [-0.1, -0.05) is 12.1 Å². The number of nitrogens with zero attached hydrogens (tertiary/aromatic N) is 5. The molecule has 0 unspecified atom stereocenters. The molecular weight excluding hydrogens is 388 g/mol. The Bertz CT molecular complexity index is 1220. The Labute approximate surface area is 169 Å². The first kappa shape index (κ1) is 18.7. The van der Waals surface area contributed by atoms with Crippen molar-refractivity contribution >= 4 is 17.3 Å². The lowest BCUT2D eigenvalue weighted by Gasteiger charge is -2.08. The van der Waals surface area contributed by atoms with Crippen LogP contribution in [0.15, 0.2) is 73.6 Å². The molecule has 2 aromatic carbocycles. The van der Waals surface area contributed by atoms with Crippen molar-refractivity contribution in [1.82, 2.24) is 19.5 Å². The SMILES string of the molecule is O=C(Nc1cnc(-c2cccc(O)c2)nc1)c1ccc(-n2ccnc2)c([N+](=O)[O-])c1. The van der Waals surface area contributed by atoms with Gasteiger partial charge in [-0.3, -0.25) is 14.9 Å². The number of amides is 1. The molecular formula is C20H14N6O4. The van der Waals surface area contributed by atoms with Gasteiger partial charge in [0.25, 0.3) is 11.6 Å². The first-order valence-electron chi connectivity index (χ1n) is 8.71. The van der Waals surface area contributed by atoms with Gasteiger partial charge in [-0.15, -0.1) is 0 Å². The van der Waals surface area contributed by atoms with Crippen LogP contribution in [0.1, 0.15) is 10.4 Å². The van der Waals surface area contributed by atoms with E-state index in [1.165, 1.54) is 59.8 Å². The second-order valence-corrected chi connectivity index (χ2v) is 6.23. The molecule has 2 aromatic heterocycles. The molecule has 148 valence electrons. The van der Waals surface area contributed by atoms with Crippen molar-refractivity contribution in [3.63, 3.8) is 0 Å². The van der Waals surface area contributed by atoms with E-state index in [-0.39, 0.29) is 17.0 Å². The van der Waals surface area contributed by atoms with E-state index in [1.54, 1.807) is 18.3 Å². The van der Waals surface area contributed by atoms with E-state index in [2.05, 4.69) is 20.3 Å². The Hall–Kier alpha value is -4.60. The van der Waals surface area contributed by atoms with Gasteiger partial charge in [0.05, 0.1) is 29.3 Å². The van der Waals surface area contributed by atoms with Crippen molar-refractivity contribution in [3.05, 3.63) is 89.3 Å². The van der Waals surface area contributed by atoms with Crippen LogP contribution in [0.5, 0.6) is 5.75 Å². The Kier molecular flexibility index (Phi) is 4.87. The fourth-order valence-corrected chi connectivity index (χ4v) is 2.82. The second-order valence-electron chi connectivity index (χ2n) is 6.23. The molecule has 0 atom stereocenters. The van der Waals surface area contributed by atoms with Gasteiger partial charge in [0.1, 0.15) is 11.4 Å². The Morgan fingerprint density at radius 3 is 2.60 bits per heavy atom. The maximum atomic E-state index is 12.5. The topological polar surface area (TPSA) is 136 Å². The van der Waals surface area contributed by atoms with Crippen LogP contribution in [0.2, 0.25) is 0 Å². The number of aromatic hydroxyl groups is 1. The lowest BCUT2D eigenvalue weighted by Crippen LogP contribution is -2.13. The smallest absolute Gasteiger partial charge is 0.294 e. The summed E-state index contributed by atoms with van der Waals surface area (Å²) in [6, 6.07) is 10.6. The van der Waals surface area contributed by atoms with Crippen LogP contribution < -0.4 is 5.32 Å². The molecule has 0 radical (unpaired) electrons. The summed E-state index contributed by atoms with van der Waals surface area (Å²) in [6.07, 6.45) is 7.35. The highest BCUT2D eigenvalue weighted by atomic mass is 16.6. The van der Waals surface area contributed by atoms with Gasteiger partial charge >= 0.3 is 0 Å². The number of nitrogens with one attached hydrogen (secondary N) is 1. The minimum atomic E-state index is -0.556. The third-order valence-corrected chi connectivity index (χ3v) is 4.23. The maximum absolute atomic E-state index is 12.5. The Balaban J connectivity index is 1.55. The van der Waals surface area contributed by atoms with Crippen LogP contribution in [0.4, 0.5) is 11.4 Å². The predicted octanol–water partition coefficient (Wildman–Crippen LogP) is 3.20. The molecule has 0 aliphatic carbocycles. The van der Waals surface area contributed by atoms with Crippen LogP contribution in [0, 0.1) is 10.1 Å². The molecule has 2 N–H and O–H groups in total. The molecule has 4 aromatic rings. The molecule has 0 saturated carbocycles. The van der Waals surface area contributed by atoms with Gasteiger partial charge in [0, 0.05) is 29.6 Å². The van der Waals surface area contributed by atoms with Crippen LogP contribution >= 0.6 is 0 Å². The standard InChI is InChI=1S/C20H14N6O4/c27-16-3-1-2-13(8-16)19-22-10-15(11-23-19)24-20(28)14-4-5-17(18(9-14)26(29)30)25-7-6-21-12-25/h1-12,27H,(H,24,28). The number of benzene rings is 2. The summed E-state index contributed by atoms with van der Waals surface area (Å²) >= 11 is 0. The molecule has 0 fully saturated rings. The van der Waals surface area contributed by atoms with Gasteiger partial charge in [-0.2, -0.15) is 0 Å². The first-order valence-corrected chi connectivity index (χ1v) is 8.71. The number of phenolic OH excluding ortho intramolecular Hbond substituents is 1. The van der Waals surface area contributed by atoms with Gasteiger partial charge in [0.15, 0.2) is 5.82 Å². The fraction of sp³-hybridized carbons (Fsp3) is 0. The summed E-state index contributed by atoms with van der Waals surface area (Å²) in [5.74, 6) is -0.0672. The van der Waals surface area contributed by atoms with E-state index in [0.717, 1.165) is 0 Å². The zero-order chi connectivity index (χ0) is 21.1. The number of carbonyl (C=O) groups is 1. The number of imidazole rings is 1. The Morgan fingerprint density at radius 1 is 1.13 bits per heavy atom. The van der Waals surface area contributed by atoms with E-state index in [4.69, 9.17) is 0 Å². The van der Waals surface area contributed by atoms with Crippen molar-refractivity contribution in [3.8, 4) is 22.8 Å². The molecule has 1 amide bonds. The number of phenols is 1. The predicted molar refractivity (Wildman–Crippen MR) is 107 cm³/mol. The molecule has 4 rings (SSSR count). The second kappa shape index (κ2) is 7.80. The summed E-state index contributed by atoms with van der Waals surface area (Å²) in [6.45, 7) is 0. The van der Waals surface area contributed by atoms with E-state index < -0.39 is 10.8 Å². The highest BCUT2D eigenvalue weighted by Crippen LogP contribution is 2.25. The first-order chi connectivity index (χ1) is 14.5. The molecule has 0 saturated heterocycles. The number of anilines is 1. The minimum Gasteiger partial charge on any atom is -0.508 e.